The standard InChI is InChI=1S/C8H19N3O2/c1-11(6-7-13-2)5-3-4-8(9)10-12/h12H,3-7H2,1-2H3,(H2,9,10). The molecule has 0 radical (unpaired) electrons. The number of amidine groups is 1. The molecule has 5 nitrogen and oxygen atoms in total. The summed E-state index contributed by atoms with van der Waals surface area (Å²) in [7, 11) is 3.70. The van der Waals surface area contributed by atoms with Crippen molar-refractivity contribution in [1.29, 1.82) is 0 Å². The highest BCUT2D eigenvalue weighted by molar-refractivity contribution is 5.79. The largest absolute Gasteiger partial charge is 0.409 e. The zero-order valence-corrected chi connectivity index (χ0v) is 8.36. The Bertz CT molecular complexity index is 150. The van der Waals surface area contributed by atoms with Crippen molar-refractivity contribution in [2.24, 2.45) is 10.9 Å². The Morgan fingerprint density at radius 3 is 2.77 bits per heavy atom. The minimum Gasteiger partial charge on any atom is -0.409 e. The van der Waals surface area contributed by atoms with Crippen LogP contribution in [0.25, 0.3) is 0 Å². The molecule has 0 aromatic heterocycles. The summed E-state index contributed by atoms with van der Waals surface area (Å²) in [5.74, 6) is 0.292. The van der Waals surface area contributed by atoms with Gasteiger partial charge in [0.25, 0.3) is 0 Å². The lowest BCUT2D eigenvalue weighted by Crippen LogP contribution is -2.25. The van der Waals surface area contributed by atoms with Gasteiger partial charge in [0.15, 0.2) is 0 Å². The first kappa shape index (κ1) is 12.2. The molecule has 0 aromatic rings. The van der Waals surface area contributed by atoms with Crippen molar-refractivity contribution in [3.63, 3.8) is 0 Å². The van der Waals surface area contributed by atoms with Crippen molar-refractivity contribution >= 4 is 5.84 Å². The molecule has 0 spiro atoms. The fourth-order valence-corrected chi connectivity index (χ4v) is 0.939. The first-order chi connectivity index (χ1) is 6.20. The predicted molar refractivity (Wildman–Crippen MR) is 52.0 cm³/mol. The van der Waals surface area contributed by atoms with Crippen LogP contribution in [0.15, 0.2) is 5.16 Å². The summed E-state index contributed by atoms with van der Waals surface area (Å²) >= 11 is 0. The Labute approximate surface area is 79.2 Å². The summed E-state index contributed by atoms with van der Waals surface area (Å²) in [6.45, 7) is 2.58. The van der Waals surface area contributed by atoms with Crippen LogP contribution in [0.2, 0.25) is 0 Å². The summed E-state index contributed by atoms with van der Waals surface area (Å²) < 4.78 is 4.93. The van der Waals surface area contributed by atoms with Crippen LogP contribution in [0.1, 0.15) is 12.8 Å². The Morgan fingerprint density at radius 2 is 2.23 bits per heavy atom. The molecule has 3 N–H and O–H groups in total. The van der Waals surface area contributed by atoms with Crippen LogP contribution < -0.4 is 5.73 Å². The van der Waals surface area contributed by atoms with Gasteiger partial charge >= 0.3 is 0 Å². The average molecular weight is 189 g/mol. The van der Waals surface area contributed by atoms with Crippen molar-refractivity contribution in [3.8, 4) is 0 Å². The van der Waals surface area contributed by atoms with Crippen molar-refractivity contribution in [3.05, 3.63) is 0 Å². The second kappa shape index (κ2) is 7.82. The van der Waals surface area contributed by atoms with Gasteiger partial charge in [-0.1, -0.05) is 5.16 Å². The highest BCUT2D eigenvalue weighted by Gasteiger charge is 1.98. The molecule has 0 fully saturated rings. The van der Waals surface area contributed by atoms with Gasteiger partial charge < -0.3 is 20.6 Å². The number of hydrogen-bond acceptors (Lipinski definition) is 4. The number of oxime groups is 1. The first-order valence-electron chi connectivity index (χ1n) is 4.34. The first-order valence-corrected chi connectivity index (χ1v) is 4.34. The molecule has 0 aliphatic heterocycles. The molecule has 5 heteroatoms. The molecule has 0 atom stereocenters. The molecule has 0 saturated heterocycles. The van der Waals surface area contributed by atoms with Gasteiger partial charge in [-0.2, -0.15) is 0 Å². The van der Waals surface area contributed by atoms with E-state index in [2.05, 4.69) is 10.1 Å². The second-order valence-electron chi connectivity index (χ2n) is 2.99. The van der Waals surface area contributed by atoms with Crippen LogP contribution in [0, 0.1) is 0 Å². The van der Waals surface area contributed by atoms with Crippen LogP contribution in [-0.4, -0.2) is 49.8 Å². The second-order valence-corrected chi connectivity index (χ2v) is 2.99. The predicted octanol–water partition coefficient (Wildman–Crippen LogP) is 0.0912. The van der Waals surface area contributed by atoms with E-state index in [9.17, 15) is 0 Å². The molecular weight excluding hydrogens is 170 g/mol. The maximum atomic E-state index is 8.27. The van der Waals surface area contributed by atoms with Gasteiger partial charge in [0.2, 0.25) is 0 Å². The molecule has 0 heterocycles. The van der Waals surface area contributed by atoms with Crippen molar-refractivity contribution < 1.29 is 9.94 Å². The van der Waals surface area contributed by atoms with Gasteiger partial charge in [0.05, 0.1) is 6.61 Å². The maximum Gasteiger partial charge on any atom is 0.139 e. The van der Waals surface area contributed by atoms with Crippen molar-refractivity contribution in [1.82, 2.24) is 4.90 Å². The lowest BCUT2D eigenvalue weighted by atomic mass is 10.3. The lowest BCUT2D eigenvalue weighted by Gasteiger charge is -2.15. The van der Waals surface area contributed by atoms with Crippen molar-refractivity contribution in [2.75, 3.05) is 33.9 Å². The number of nitrogens with zero attached hydrogens (tertiary/aromatic N) is 2. The van der Waals surface area contributed by atoms with E-state index in [1.165, 1.54) is 0 Å². The van der Waals surface area contributed by atoms with Gasteiger partial charge in [0.1, 0.15) is 5.84 Å². The molecule has 0 bridgehead atoms. The molecule has 78 valence electrons. The van der Waals surface area contributed by atoms with Crippen LogP contribution >= 0.6 is 0 Å². The van der Waals surface area contributed by atoms with E-state index >= 15 is 0 Å². The number of likely N-dealkylation sites (N-methyl/N-ethyl adjacent to an activating group) is 1. The summed E-state index contributed by atoms with van der Waals surface area (Å²) in [5, 5.41) is 11.2. The van der Waals surface area contributed by atoms with E-state index in [0.29, 0.717) is 12.3 Å². The van der Waals surface area contributed by atoms with Gasteiger partial charge in [0, 0.05) is 20.1 Å². The topological polar surface area (TPSA) is 71.1 Å². The van der Waals surface area contributed by atoms with Gasteiger partial charge in [-0.3, -0.25) is 0 Å². The maximum absolute atomic E-state index is 8.27. The Morgan fingerprint density at radius 1 is 1.54 bits per heavy atom. The summed E-state index contributed by atoms with van der Waals surface area (Å²) in [4.78, 5) is 2.15. The highest BCUT2D eigenvalue weighted by Crippen LogP contribution is 1.92. The fourth-order valence-electron chi connectivity index (χ4n) is 0.939. The minimum absolute atomic E-state index is 0.292. The highest BCUT2D eigenvalue weighted by atomic mass is 16.5. The quantitative estimate of drug-likeness (QED) is 0.258. The Kier molecular flexibility index (Phi) is 7.33. The van der Waals surface area contributed by atoms with E-state index in [-0.39, 0.29) is 0 Å². The Hall–Kier alpha value is -0.810. The van der Waals surface area contributed by atoms with Gasteiger partial charge in [-0.15, -0.1) is 0 Å². The number of hydrogen-bond donors (Lipinski definition) is 2. The normalized spacial score (nSPS) is 12.4. The summed E-state index contributed by atoms with van der Waals surface area (Å²) in [6.07, 6.45) is 1.53. The third kappa shape index (κ3) is 7.55. The van der Waals surface area contributed by atoms with Crippen LogP contribution in [0.5, 0.6) is 0 Å². The summed E-state index contributed by atoms with van der Waals surface area (Å²) in [5.41, 5.74) is 5.32. The number of rotatable bonds is 7. The van der Waals surface area contributed by atoms with Crippen LogP contribution in [0.3, 0.4) is 0 Å². The number of nitrogens with two attached hydrogens (primary N) is 1. The molecule has 13 heavy (non-hydrogen) atoms. The summed E-state index contributed by atoms with van der Waals surface area (Å²) in [6, 6.07) is 0. The average Bonchev–Trinajstić information content (AvgIpc) is 2.14. The Balaban J connectivity index is 3.31. The molecule has 0 aliphatic rings. The number of methoxy groups -OCH3 is 1. The van der Waals surface area contributed by atoms with Crippen LogP contribution in [-0.2, 0) is 4.74 Å². The number of ether oxygens (including phenoxy) is 1. The monoisotopic (exact) mass is 189 g/mol. The molecule has 0 aliphatic carbocycles. The van der Waals surface area contributed by atoms with E-state index in [4.69, 9.17) is 15.7 Å². The third-order valence-electron chi connectivity index (χ3n) is 1.78. The molecule has 0 amide bonds. The molecule has 0 aromatic carbocycles. The zero-order valence-electron chi connectivity index (χ0n) is 8.36. The van der Waals surface area contributed by atoms with Gasteiger partial charge in [-0.05, 0) is 20.0 Å². The zero-order chi connectivity index (χ0) is 10.1. The van der Waals surface area contributed by atoms with Crippen LogP contribution in [0.4, 0.5) is 0 Å². The third-order valence-corrected chi connectivity index (χ3v) is 1.78. The van der Waals surface area contributed by atoms with E-state index in [0.717, 1.165) is 26.1 Å². The molecule has 0 rings (SSSR count). The molecule has 0 unspecified atom stereocenters. The van der Waals surface area contributed by atoms with Gasteiger partial charge in [-0.25, -0.2) is 0 Å². The minimum atomic E-state index is 0.292. The fraction of sp³-hybridized carbons (Fsp3) is 0.875. The van der Waals surface area contributed by atoms with E-state index < -0.39 is 0 Å². The SMILES string of the molecule is COCCN(C)CCC/C(N)=N/O. The van der Waals surface area contributed by atoms with Crippen molar-refractivity contribution in [2.45, 2.75) is 12.8 Å². The molecular formula is C8H19N3O2. The molecule has 0 saturated carbocycles. The van der Waals surface area contributed by atoms with E-state index in [1.807, 2.05) is 7.05 Å². The lowest BCUT2D eigenvalue weighted by molar-refractivity contribution is 0.161. The smallest absolute Gasteiger partial charge is 0.139 e. The van der Waals surface area contributed by atoms with E-state index in [1.54, 1.807) is 7.11 Å².